The number of ketones is 1. The van der Waals surface area contributed by atoms with Crippen LogP contribution in [0, 0.1) is 5.41 Å². The molecule has 0 spiro atoms. The van der Waals surface area contributed by atoms with Crippen molar-refractivity contribution in [1.82, 2.24) is 0 Å². The summed E-state index contributed by atoms with van der Waals surface area (Å²) in [5.41, 5.74) is -0.223. The highest BCUT2D eigenvalue weighted by atomic mass is 16.5. The monoisotopic (exact) mass is 224 g/mol. The summed E-state index contributed by atoms with van der Waals surface area (Å²) in [6.45, 7) is 8.93. The lowest BCUT2D eigenvalue weighted by Gasteiger charge is -2.24. The first-order valence-electron chi connectivity index (χ1n) is 5.37. The van der Waals surface area contributed by atoms with E-state index in [9.17, 15) is 9.90 Å². The van der Waals surface area contributed by atoms with E-state index in [1.807, 2.05) is 13.8 Å². The summed E-state index contributed by atoms with van der Waals surface area (Å²) in [5, 5.41) is 9.79. The third kappa shape index (κ3) is 2.05. The molecule has 1 aliphatic rings. The van der Waals surface area contributed by atoms with Crippen LogP contribution in [0.4, 0.5) is 0 Å². The van der Waals surface area contributed by atoms with Gasteiger partial charge in [-0.15, -0.1) is 0 Å². The molecule has 90 valence electrons. The molecule has 3 heteroatoms. The molecular formula is C13H20O3. The number of hydrogen-bond donors (Lipinski definition) is 1. The highest BCUT2D eigenvalue weighted by Crippen LogP contribution is 2.45. The lowest BCUT2D eigenvalue weighted by atomic mass is 9.83. The van der Waals surface area contributed by atoms with Crippen LogP contribution in [0.15, 0.2) is 23.0 Å². The molecule has 0 amide bonds. The van der Waals surface area contributed by atoms with Gasteiger partial charge in [-0.25, -0.2) is 0 Å². The topological polar surface area (TPSA) is 46.5 Å². The van der Waals surface area contributed by atoms with Crippen molar-refractivity contribution >= 4 is 5.78 Å². The number of hydrogen-bond acceptors (Lipinski definition) is 3. The molecule has 0 heterocycles. The van der Waals surface area contributed by atoms with Gasteiger partial charge in [0.1, 0.15) is 5.76 Å². The van der Waals surface area contributed by atoms with E-state index in [-0.39, 0.29) is 5.78 Å². The number of Topliss-reactive ketones (excluding diaryl/α,β-unsaturated/α-hetero) is 1. The molecule has 0 saturated carbocycles. The first-order valence-corrected chi connectivity index (χ1v) is 5.37. The zero-order valence-electron chi connectivity index (χ0n) is 10.8. The van der Waals surface area contributed by atoms with Crippen LogP contribution in [0.3, 0.4) is 0 Å². The Morgan fingerprint density at radius 1 is 1.38 bits per heavy atom. The Morgan fingerprint density at radius 2 is 1.88 bits per heavy atom. The Bertz CT molecular complexity index is 378. The maximum atomic E-state index is 12.1. The van der Waals surface area contributed by atoms with Gasteiger partial charge in [0.25, 0.3) is 0 Å². The van der Waals surface area contributed by atoms with Crippen molar-refractivity contribution in [3.63, 3.8) is 0 Å². The van der Waals surface area contributed by atoms with Gasteiger partial charge in [0.15, 0.2) is 5.78 Å². The SMILES string of the molecule is COC1=C(C)C(=O)C(=CC(C)(C)O)C1(C)C. The molecule has 3 nitrogen and oxygen atoms in total. The molecule has 0 bridgehead atoms. The number of rotatable bonds is 2. The number of allylic oxidation sites excluding steroid dienone is 2. The zero-order valence-corrected chi connectivity index (χ0v) is 10.8. The lowest BCUT2D eigenvalue weighted by Crippen LogP contribution is -2.23. The van der Waals surface area contributed by atoms with Crippen LogP contribution in [0.1, 0.15) is 34.6 Å². The van der Waals surface area contributed by atoms with Crippen molar-refractivity contribution in [2.24, 2.45) is 5.41 Å². The predicted molar refractivity (Wildman–Crippen MR) is 62.9 cm³/mol. The number of carbonyl (C=O) groups excluding carboxylic acids is 1. The van der Waals surface area contributed by atoms with Crippen LogP contribution in [-0.2, 0) is 9.53 Å². The molecule has 0 aromatic carbocycles. The second-order valence-electron chi connectivity index (χ2n) is 5.32. The fourth-order valence-electron chi connectivity index (χ4n) is 2.19. The summed E-state index contributed by atoms with van der Waals surface area (Å²) in [7, 11) is 1.57. The number of ether oxygens (including phenoxy) is 1. The van der Waals surface area contributed by atoms with Crippen LogP contribution in [-0.4, -0.2) is 23.6 Å². The predicted octanol–water partition coefficient (Wildman–Crippen LogP) is 2.21. The van der Waals surface area contributed by atoms with E-state index in [1.165, 1.54) is 0 Å². The average molecular weight is 224 g/mol. The normalized spacial score (nSPS) is 23.2. The van der Waals surface area contributed by atoms with Crippen molar-refractivity contribution < 1.29 is 14.6 Å². The van der Waals surface area contributed by atoms with Gasteiger partial charge in [-0.3, -0.25) is 4.79 Å². The fourth-order valence-corrected chi connectivity index (χ4v) is 2.19. The highest BCUT2D eigenvalue weighted by molar-refractivity contribution is 6.12. The van der Waals surface area contributed by atoms with Gasteiger partial charge in [0.05, 0.1) is 18.1 Å². The second kappa shape index (κ2) is 3.74. The molecule has 0 aliphatic heterocycles. The Labute approximate surface area is 96.8 Å². The Kier molecular flexibility index (Phi) is 3.03. The zero-order chi connectivity index (χ0) is 12.7. The summed E-state index contributed by atoms with van der Waals surface area (Å²) < 4.78 is 5.29. The van der Waals surface area contributed by atoms with E-state index < -0.39 is 11.0 Å². The van der Waals surface area contributed by atoms with Crippen LogP contribution in [0.2, 0.25) is 0 Å². The van der Waals surface area contributed by atoms with Gasteiger partial charge in [-0.1, -0.05) is 0 Å². The Hall–Kier alpha value is -1.09. The standard InChI is InChI=1S/C13H20O3/c1-8-10(14)9(7-12(2,3)15)13(4,5)11(8)16-6/h7,15H,1-6H3. The van der Waals surface area contributed by atoms with E-state index in [2.05, 4.69) is 0 Å². The van der Waals surface area contributed by atoms with Crippen molar-refractivity contribution in [3.05, 3.63) is 23.0 Å². The average Bonchev–Trinajstić information content (AvgIpc) is 2.25. The summed E-state index contributed by atoms with van der Waals surface area (Å²) in [6.07, 6.45) is 1.62. The molecule has 1 N–H and O–H groups in total. The van der Waals surface area contributed by atoms with Gasteiger partial charge in [0, 0.05) is 11.1 Å². The summed E-state index contributed by atoms with van der Waals surface area (Å²) >= 11 is 0. The van der Waals surface area contributed by atoms with Gasteiger partial charge in [-0.2, -0.15) is 0 Å². The number of carbonyl (C=O) groups is 1. The van der Waals surface area contributed by atoms with Gasteiger partial charge < -0.3 is 9.84 Å². The van der Waals surface area contributed by atoms with Gasteiger partial charge in [-0.05, 0) is 40.7 Å². The molecule has 0 aromatic rings. The third-order valence-corrected chi connectivity index (χ3v) is 2.87. The third-order valence-electron chi connectivity index (χ3n) is 2.87. The largest absolute Gasteiger partial charge is 0.500 e. The maximum Gasteiger partial charge on any atom is 0.188 e. The molecule has 0 aromatic heterocycles. The molecule has 0 unspecified atom stereocenters. The van der Waals surface area contributed by atoms with E-state index in [0.29, 0.717) is 16.9 Å². The summed E-state index contributed by atoms with van der Waals surface area (Å²) in [6, 6.07) is 0. The van der Waals surface area contributed by atoms with E-state index in [4.69, 9.17) is 4.74 Å². The number of methoxy groups -OCH3 is 1. The minimum absolute atomic E-state index is 0.0380. The van der Waals surface area contributed by atoms with E-state index >= 15 is 0 Å². The van der Waals surface area contributed by atoms with Gasteiger partial charge >= 0.3 is 0 Å². The fraction of sp³-hybridized carbons (Fsp3) is 0.615. The molecule has 0 fully saturated rings. The smallest absolute Gasteiger partial charge is 0.188 e. The Morgan fingerprint density at radius 3 is 2.19 bits per heavy atom. The molecule has 1 rings (SSSR count). The Balaban J connectivity index is 3.31. The van der Waals surface area contributed by atoms with Crippen molar-refractivity contribution in [2.75, 3.05) is 7.11 Å². The molecule has 0 saturated heterocycles. The minimum Gasteiger partial charge on any atom is -0.500 e. The summed E-state index contributed by atoms with van der Waals surface area (Å²) in [4.78, 5) is 12.1. The minimum atomic E-state index is -0.994. The van der Waals surface area contributed by atoms with Crippen molar-refractivity contribution in [1.29, 1.82) is 0 Å². The van der Waals surface area contributed by atoms with E-state index in [0.717, 1.165) is 0 Å². The van der Waals surface area contributed by atoms with E-state index in [1.54, 1.807) is 34.0 Å². The van der Waals surface area contributed by atoms with Crippen LogP contribution in [0.5, 0.6) is 0 Å². The number of aliphatic hydroxyl groups is 1. The van der Waals surface area contributed by atoms with Crippen molar-refractivity contribution in [3.8, 4) is 0 Å². The molecule has 16 heavy (non-hydrogen) atoms. The highest BCUT2D eigenvalue weighted by Gasteiger charge is 2.43. The second-order valence-corrected chi connectivity index (χ2v) is 5.32. The lowest BCUT2D eigenvalue weighted by molar-refractivity contribution is -0.112. The maximum absolute atomic E-state index is 12.1. The summed E-state index contributed by atoms with van der Waals surface area (Å²) in [5.74, 6) is 0.650. The van der Waals surface area contributed by atoms with Crippen LogP contribution < -0.4 is 0 Å². The van der Waals surface area contributed by atoms with Crippen LogP contribution in [0.25, 0.3) is 0 Å². The quantitative estimate of drug-likeness (QED) is 0.731. The van der Waals surface area contributed by atoms with Crippen molar-refractivity contribution in [2.45, 2.75) is 40.2 Å². The molecule has 0 atom stereocenters. The first-order chi connectivity index (χ1) is 7.11. The molecule has 0 radical (unpaired) electrons. The van der Waals surface area contributed by atoms with Gasteiger partial charge in [0.2, 0.25) is 0 Å². The van der Waals surface area contributed by atoms with Crippen LogP contribution >= 0.6 is 0 Å². The molecular weight excluding hydrogens is 204 g/mol. The first kappa shape index (κ1) is 13.0. The molecule has 1 aliphatic carbocycles.